The Balaban J connectivity index is 1.94. The molecule has 24 heavy (non-hydrogen) atoms. The number of aryl methyl sites for hydroxylation is 1. The Morgan fingerprint density at radius 2 is 2.04 bits per heavy atom. The summed E-state index contributed by atoms with van der Waals surface area (Å²) in [5.41, 5.74) is 0.770. The number of nitrogens with one attached hydrogen (secondary N) is 1. The molecule has 0 aliphatic heterocycles. The molecule has 0 saturated carbocycles. The SMILES string of the molecule is Cc1c(C(=O)N[C@H](c2cccnc2)C(F)(F)F)cnc2ccnn12. The Hall–Kier alpha value is -2.97. The quantitative estimate of drug-likeness (QED) is 0.798. The minimum absolute atomic E-state index is 0.0179. The first-order valence-electron chi connectivity index (χ1n) is 6.95. The Morgan fingerprint density at radius 3 is 2.71 bits per heavy atom. The van der Waals surface area contributed by atoms with Crippen molar-refractivity contribution in [3.63, 3.8) is 0 Å². The highest BCUT2D eigenvalue weighted by Crippen LogP contribution is 2.32. The zero-order valence-electron chi connectivity index (χ0n) is 12.4. The van der Waals surface area contributed by atoms with Crippen molar-refractivity contribution in [2.45, 2.75) is 19.1 Å². The molecule has 0 unspecified atom stereocenters. The number of carbonyl (C=O) groups is 1. The number of hydrogen-bond donors (Lipinski definition) is 1. The van der Waals surface area contributed by atoms with Crippen LogP contribution >= 0.6 is 0 Å². The maximum absolute atomic E-state index is 13.3. The van der Waals surface area contributed by atoms with E-state index in [2.05, 4.69) is 15.1 Å². The number of pyridine rings is 1. The van der Waals surface area contributed by atoms with E-state index < -0.39 is 18.1 Å². The molecule has 0 aliphatic carbocycles. The maximum Gasteiger partial charge on any atom is 0.412 e. The standard InChI is InChI=1S/C15H12F3N5O/c1-9-11(8-20-12-4-6-21-23(9)12)14(24)22-13(15(16,17)18)10-3-2-5-19-7-10/h2-8,13H,1H3,(H,22,24)/t13-/m1/s1. The number of rotatable bonds is 3. The number of carbonyl (C=O) groups excluding carboxylic acids is 1. The van der Waals surface area contributed by atoms with Gasteiger partial charge in [-0.05, 0) is 13.0 Å². The highest BCUT2D eigenvalue weighted by molar-refractivity contribution is 5.95. The van der Waals surface area contributed by atoms with E-state index >= 15 is 0 Å². The summed E-state index contributed by atoms with van der Waals surface area (Å²) in [7, 11) is 0. The molecule has 0 radical (unpaired) electrons. The predicted octanol–water partition coefficient (Wildman–Crippen LogP) is 2.47. The van der Waals surface area contributed by atoms with Gasteiger partial charge in [-0.1, -0.05) is 6.07 Å². The Kier molecular flexibility index (Phi) is 3.92. The Morgan fingerprint density at radius 1 is 1.25 bits per heavy atom. The Bertz CT molecular complexity index is 876. The minimum Gasteiger partial charge on any atom is -0.337 e. The molecule has 0 fully saturated rings. The van der Waals surface area contributed by atoms with Crippen LogP contribution in [0.1, 0.15) is 27.7 Å². The summed E-state index contributed by atoms with van der Waals surface area (Å²) in [5, 5.41) is 5.99. The molecule has 3 heterocycles. The molecule has 0 aromatic carbocycles. The zero-order valence-corrected chi connectivity index (χ0v) is 12.4. The first-order valence-corrected chi connectivity index (χ1v) is 6.95. The van der Waals surface area contributed by atoms with E-state index in [0.29, 0.717) is 11.3 Å². The summed E-state index contributed by atoms with van der Waals surface area (Å²) in [4.78, 5) is 20.0. The van der Waals surface area contributed by atoms with E-state index in [1.165, 1.54) is 35.2 Å². The van der Waals surface area contributed by atoms with Crippen LogP contribution in [0.25, 0.3) is 5.65 Å². The van der Waals surface area contributed by atoms with Gasteiger partial charge in [0.15, 0.2) is 11.7 Å². The van der Waals surface area contributed by atoms with E-state index in [1.54, 1.807) is 13.0 Å². The highest BCUT2D eigenvalue weighted by Gasteiger charge is 2.42. The van der Waals surface area contributed by atoms with Crippen LogP contribution < -0.4 is 5.32 Å². The van der Waals surface area contributed by atoms with Crippen LogP contribution in [-0.4, -0.2) is 31.7 Å². The van der Waals surface area contributed by atoms with Crippen molar-refractivity contribution in [3.05, 3.63) is 59.8 Å². The molecule has 3 rings (SSSR count). The third-order valence-electron chi connectivity index (χ3n) is 3.52. The highest BCUT2D eigenvalue weighted by atomic mass is 19.4. The molecule has 0 aliphatic rings. The van der Waals surface area contributed by atoms with Gasteiger partial charge in [-0.15, -0.1) is 0 Å². The monoisotopic (exact) mass is 335 g/mol. The van der Waals surface area contributed by atoms with E-state index in [-0.39, 0.29) is 11.1 Å². The third-order valence-corrected chi connectivity index (χ3v) is 3.52. The first-order chi connectivity index (χ1) is 11.4. The van der Waals surface area contributed by atoms with Gasteiger partial charge in [-0.3, -0.25) is 9.78 Å². The number of fused-ring (bicyclic) bond motifs is 1. The van der Waals surface area contributed by atoms with Gasteiger partial charge in [-0.25, -0.2) is 9.50 Å². The summed E-state index contributed by atoms with van der Waals surface area (Å²) in [6, 6.07) is 2.10. The second-order valence-electron chi connectivity index (χ2n) is 5.09. The molecule has 9 heteroatoms. The van der Waals surface area contributed by atoms with Crippen LogP contribution in [0, 0.1) is 6.92 Å². The van der Waals surface area contributed by atoms with Gasteiger partial charge in [0.05, 0.1) is 17.5 Å². The van der Waals surface area contributed by atoms with Gasteiger partial charge in [0, 0.05) is 30.2 Å². The topological polar surface area (TPSA) is 72.2 Å². The van der Waals surface area contributed by atoms with Crippen molar-refractivity contribution >= 4 is 11.6 Å². The summed E-state index contributed by atoms with van der Waals surface area (Å²) in [6.45, 7) is 1.59. The number of hydrogen-bond acceptors (Lipinski definition) is 4. The van der Waals surface area contributed by atoms with E-state index in [9.17, 15) is 18.0 Å². The fourth-order valence-electron chi connectivity index (χ4n) is 2.32. The number of aromatic nitrogens is 4. The average Bonchev–Trinajstić information content (AvgIpc) is 3.02. The fourth-order valence-corrected chi connectivity index (χ4v) is 2.32. The average molecular weight is 335 g/mol. The van der Waals surface area contributed by atoms with Gasteiger partial charge < -0.3 is 5.32 Å². The number of alkyl halides is 3. The van der Waals surface area contributed by atoms with Crippen LogP contribution in [0.3, 0.4) is 0 Å². The molecule has 0 spiro atoms. The van der Waals surface area contributed by atoms with Gasteiger partial charge >= 0.3 is 6.18 Å². The third kappa shape index (κ3) is 2.92. The lowest BCUT2D eigenvalue weighted by Gasteiger charge is -2.22. The van der Waals surface area contributed by atoms with Crippen molar-refractivity contribution < 1.29 is 18.0 Å². The van der Waals surface area contributed by atoms with Crippen LogP contribution in [0.15, 0.2) is 43.0 Å². The Labute approximate surface area is 134 Å². The van der Waals surface area contributed by atoms with Crippen LogP contribution in [0.5, 0.6) is 0 Å². The normalized spacial score (nSPS) is 13.0. The van der Waals surface area contributed by atoms with Crippen molar-refractivity contribution in [2.24, 2.45) is 0 Å². The molecule has 3 aromatic heterocycles. The predicted molar refractivity (Wildman–Crippen MR) is 78.2 cm³/mol. The molecule has 0 saturated heterocycles. The number of amides is 1. The fraction of sp³-hybridized carbons (Fsp3) is 0.200. The molecular formula is C15H12F3N5O. The summed E-state index contributed by atoms with van der Waals surface area (Å²) in [5.74, 6) is -0.886. The molecule has 6 nitrogen and oxygen atoms in total. The number of nitrogens with zero attached hydrogens (tertiary/aromatic N) is 4. The van der Waals surface area contributed by atoms with Gasteiger partial charge in [-0.2, -0.15) is 18.3 Å². The summed E-state index contributed by atoms with van der Waals surface area (Å²) in [6.07, 6.45) is 0.498. The second kappa shape index (κ2) is 5.91. The van der Waals surface area contributed by atoms with Crippen molar-refractivity contribution in [3.8, 4) is 0 Å². The first kappa shape index (κ1) is 15.9. The summed E-state index contributed by atoms with van der Waals surface area (Å²) < 4.78 is 41.3. The molecule has 3 aromatic rings. The lowest BCUT2D eigenvalue weighted by atomic mass is 10.1. The molecule has 1 atom stereocenters. The van der Waals surface area contributed by atoms with E-state index in [1.807, 2.05) is 5.32 Å². The summed E-state index contributed by atoms with van der Waals surface area (Å²) >= 11 is 0. The maximum atomic E-state index is 13.3. The lowest BCUT2D eigenvalue weighted by molar-refractivity contribution is -0.155. The van der Waals surface area contributed by atoms with E-state index in [4.69, 9.17) is 0 Å². The zero-order chi connectivity index (χ0) is 17.3. The van der Waals surface area contributed by atoms with Crippen LogP contribution in [0.2, 0.25) is 0 Å². The van der Waals surface area contributed by atoms with Crippen molar-refractivity contribution in [2.75, 3.05) is 0 Å². The second-order valence-corrected chi connectivity index (χ2v) is 5.09. The molecule has 1 N–H and O–H groups in total. The van der Waals surface area contributed by atoms with Crippen LogP contribution in [-0.2, 0) is 0 Å². The van der Waals surface area contributed by atoms with Crippen LogP contribution in [0.4, 0.5) is 13.2 Å². The molecule has 124 valence electrons. The molecule has 0 bridgehead atoms. The van der Waals surface area contributed by atoms with Gasteiger partial charge in [0.1, 0.15) is 0 Å². The smallest absolute Gasteiger partial charge is 0.337 e. The van der Waals surface area contributed by atoms with Gasteiger partial charge in [0.2, 0.25) is 0 Å². The lowest BCUT2D eigenvalue weighted by Crippen LogP contribution is -2.38. The molecule has 1 amide bonds. The van der Waals surface area contributed by atoms with Crippen molar-refractivity contribution in [1.82, 2.24) is 24.9 Å². The van der Waals surface area contributed by atoms with Crippen molar-refractivity contribution in [1.29, 1.82) is 0 Å². The minimum atomic E-state index is -4.66. The van der Waals surface area contributed by atoms with E-state index in [0.717, 1.165) is 6.20 Å². The molecular weight excluding hydrogens is 323 g/mol. The largest absolute Gasteiger partial charge is 0.412 e. The van der Waals surface area contributed by atoms with Gasteiger partial charge in [0.25, 0.3) is 5.91 Å². The number of halogens is 3.